The van der Waals surface area contributed by atoms with Crippen molar-refractivity contribution in [3.63, 3.8) is 0 Å². The summed E-state index contributed by atoms with van der Waals surface area (Å²) < 4.78 is 10.2. The molecule has 25 heavy (non-hydrogen) atoms. The highest BCUT2D eigenvalue weighted by Crippen LogP contribution is 2.29. The Balaban J connectivity index is 1.68. The number of carbonyl (C=O) groups is 2. The number of nitrogens with zero attached hydrogens (tertiary/aromatic N) is 1. The highest BCUT2D eigenvalue weighted by atomic mass is 35.5. The van der Waals surface area contributed by atoms with E-state index in [0.717, 1.165) is 12.8 Å². The number of furan rings is 1. The van der Waals surface area contributed by atoms with Crippen molar-refractivity contribution in [2.75, 3.05) is 25.5 Å². The Labute approximate surface area is 150 Å². The molecule has 0 saturated carbocycles. The third-order valence-corrected chi connectivity index (χ3v) is 4.50. The number of nitrogens with one attached hydrogen (secondary N) is 1. The fourth-order valence-corrected chi connectivity index (χ4v) is 3.13. The van der Waals surface area contributed by atoms with Crippen LogP contribution >= 0.6 is 11.6 Å². The number of carbonyl (C=O) groups excluding carboxylic acids is 2. The number of likely N-dealkylation sites (tertiary alicyclic amines) is 1. The first-order valence-corrected chi connectivity index (χ1v) is 8.42. The third kappa shape index (κ3) is 3.96. The van der Waals surface area contributed by atoms with Crippen LogP contribution in [0.5, 0.6) is 5.75 Å². The van der Waals surface area contributed by atoms with Crippen LogP contribution in [0.1, 0.15) is 23.2 Å². The largest absolute Gasteiger partial charge is 0.495 e. The van der Waals surface area contributed by atoms with Gasteiger partial charge in [-0.25, -0.2) is 0 Å². The number of rotatable bonds is 4. The summed E-state index contributed by atoms with van der Waals surface area (Å²) in [4.78, 5) is 26.8. The van der Waals surface area contributed by atoms with E-state index in [-0.39, 0.29) is 17.7 Å². The molecule has 6 nitrogen and oxygen atoms in total. The maximum absolute atomic E-state index is 12.6. The minimum absolute atomic E-state index is 0.119. The van der Waals surface area contributed by atoms with Gasteiger partial charge in [-0.2, -0.15) is 0 Å². The second kappa shape index (κ2) is 7.61. The van der Waals surface area contributed by atoms with Crippen LogP contribution in [-0.2, 0) is 4.79 Å². The quantitative estimate of drug-likeness (QED) is 0.904. The summed E-state index contributed by atoms with van der Waals surface area (Å²) in [5, 5.41) is 3.37. The zero-order chi connectivity index (χ0) is 17.8. The highest BCUT2D eigenvalue weighted by molar-refractivity contribution is 6.31. The van der Waals surface area contributed by atoms with E-state index >= 15 is 0 Å². The van der Waals surface area contributed by atoms with Crippen molar-refractivity contribution in [1.82, 2.24) is 4.90 Å². The van der Waals surface area contributed by atoms with Crippen LogP contribution in [0.15, 0.2) is 41.2 Å². The molecular formula is C18H19ClN2O4. The molecule has 1 unspecified atom stereocenters. The number of piperidine rings is 1. The lowest BCUT2D eigenvalue weighted by molar-refractivity contribution is -0.121. The molecule has 0 aliphatic carbocycles. The van der Waals surface area contributed by atoms with E-state index in [1.165, 1.54) is 19.6 Å². The summed E-state index contributed by atoms with van der Waals surface area (Å²) in [6, 6.07) is 6.67. The summed E-state index contributed by atoms with van der Waals surface area (Å²) in [6.07, 6.45) is 4.38. The van der Waals surface area contributed by atoms with Gasteiger partial charge in [-0.1, -0.05) is 11.6 Å². The first-order valence-electron chi connectivity index (χ1n) is 8.04. The number of ether oxygens (including phenoxy) is 1. The minimum atomic E-state index is -0.284. The number of anilines is 1. The molecule has 1 atom stereocenters. The monoisotopic (exact) mass is 362 g/mol. The number of hydrogen-bond donors (Lipinski definition) is 1. The van der Waals surface area contributed by atoms with Gasteiger partial charge in [0.2, 0.25) is 5.91 Å². The summed E-state index contributed by atoms with van der Waals surface area (Å²) in [5.74, 6) is -0.00924. The molecule has 1 aliphatic rings. The van der Waals surface area contributed by atoms with Crippen molar-refractivity contribution in [1.29, 1.82) is 0 Å². The second-order valence-corrected chi connectivity index (χ2v) is 6.37. The van der Waals surface area contributed by atoms with Crippen molar-refractivity contribution in [3.05, 3.63) is 47.4 Å². The minimum Gasteiger partial charge on any atom is -0.495 e. The van der Waals surface area contributed by atoms with Crippen molar-refractivity contribution in [2.45, 2.75) is 12.8 Å². The van der Waals surface area contributed by atoms with E-state index in [0.29, 0.717) is 35.1 Å². The van der Waals surface area contributed by atoms with Gasteiger partial charge in [0, 0.05) is 18.1 Å². The average molecular weight is 363 g/mol. The summed E-state index contributed by atoms with van der Waals surface area (Å²) >= 11 is 6.00. The summed E-state index contributed by atoms with van der Waals surface area (Å²) in [5.41, 5.74) is 1.02. The van der Waals surface area contributed by atoms with Gasteiger partial charge in [0.05, 0.1) is 30.5 Å². The molecule has 1 aromatic heterocycles. The smallest absolute Gasteiger partial charge is 0.257 e. The predicted octanol–water partition coefficient (Wildman–Crippen LogP) is 3.43. The molecule has 1 aromatic carbocycles. The van der Waals surface area contributed by atoms with Crippen LogP contribution in [0, 0.1) is 5.92 Å². The maximum Gasteiger partial charge on any atom is 0.257 e. The molecule has 132 valence electrons. The number of amides is 2. The van der Waals surface area contributed by atoms with Crippen LogP contribution in [0.25, 0.3) is 0 Å². The molecule has 2 aromatic rings. The van der Waals surface area contributed by atoms with Crippen molar-refractivity contribution in [2.24, 2.45) is 5.92 Å². The van der Waals surface area contributed by atoms with Gasteiger partial charge in [-0.3, -0.25) is 9.59 Å². The van der Waals surface area contributed by atoms with Gasteiger partial charge in [0.25, 0.3) is 5.91 Å². The lowest BCUT2D eigenvalue weighted by Gasteiger charge is -2.31. The van der Waals surface area contributed by atoms with Gasteiger partial charge in [0.1, 0.15) is 12.0 Å². The second-order valence-electron chi connectivity index (χ2n) is 5.94. The molecular weight excluding hydrogens is 344 g/mol. The molecule has 1 fully saturated rings. The van der Waals surface area contributed by atoms with Crippen molar-refractivity contribution >= 4 is 29.1 Å². The summed E-state index contributed by atoms with van der Waals surface area (Å²) in [6.45, 7) is 1.01. The molecule has 2 heterocycles. The molecule has 7 heteroatoms. The zero-order valence-electron chi connectivity index (χ0n) is 13.8. The van der Waals surface area contributed by atoms with Crippen molar-refractivity contribution < 1.29 is 18.7 Å². The van der Waals surface area contributed by atoms with Gasteiger partial charge >= 0.3 is 0 Å². The van der Waals surface area contributed by atoms with E-state index in [1.807, 2.05) is 0 Å². The lowest BCUT2D eigenvalue weighted by Crippen LogP contribution is -2.43. The molecule has 1 saturated heterocycles. The van der Waals surface area contributed by atoms with Gasteiger partial charge in [-0.15, -0.1) is 0 Å². The average Bonchev–Trinajstić information content (AvgIpc) is 3.16. The van der Waals surface area contributed by atoms with E-state index in [4.69, 9.17) is 20.8 Å². The van der Waals surface area contributed by atoms with Gasteiger partial charge in [0.15, 0.2) is 0 Å². The first kappa shape index (κ1) is 17.4. The van der Waals surface area contributed by atoms with E-state index in [2.05, 4.69) is 5.32 Å². The first-order chi connectivity index (χ1) is 12.1. The van der Waals surface area contributed by atoms with Crippen molar-refractivity contribution in [3.8, 4) is 5.75 Å². The maximum atomic E-state index is 12.6. The molecule has 0 radical (unpaired) electrons. The number of halogens is 1. The van der Waals surface area contributed by atoms with Gasteiger partial charge in [-0.05, 0) is 37.1 Å². The van der Waals surface area contributed by atoms with Crippen LogP contribution in [-0.4, -0.2) is 36.9 Å². The predicted molar refractivity (Wildman–Crippen MR) is 94.0 cm³/mol. The Morgan fingerprint density at radius 3 is 2.92 bits per heavy atom. The van der Waals surface area contributed by atoms with E-state index in [9.17, 15) is 9.59 Å². The standard InChI is InChI=1S/C18H19ClN2O4/c1-24-16-5-4-14(19)9-15(16)20-17(22)12-3-2-7-21(10-12)18(23)13-6-8-25-11-13/h4-6,8-9,11-12H,2-3,7,10H2,1H3,(H,20,22). The molecule has 0 bridgehead atoms. The summed E-state index contributed by atoms with van der Waals surface area (Å²) in [7, 11) is 1.53. The Kier molecular flexibility index (Phi) is 5.28. The highest BCUT2D eigenvalue weighted by Gasteiger charge is 2.29. The molecule has 2 amide bonds. The van der Waals surface area contributed by atoms with Crippen LogP contribution in [0.3, 0.4) is 0 Å². The third-order valence-electron chi connectivity index (χ3n) is 4.27. The van der Waals surface area contributed by atoms with Gasteiger partial charge < -0.3 is 19.4 Å². The molecule has 3 rings (SSSR count). The number of hydrogen-bond acceptors (Lipinski definition) is 4. The van der Waals surface area contributed by atoms with Crippen LogP contribution in [0.2, 0.25) is 5.02 Å². The van der Waals surface area contributed by atoms with E-state index < -0.39 is 0 Å². The Bertz CT molecular complexity index is 760. The number of methoxy groups -OCH3 is 1. The van der Waals surface area contributed by atoms with Crippen LogP contribution in [0.4, 0.5) is 5.69 Å². The molecule has 1 aliphatic heterocycles. The normalized spacial score (nSPS) is 17.2. The molecule has 1 N–H and O–H groups in total. The number of benzene rings is 1. The van der Waals surface area contributed by atoms with Crippen LogP contribution < -0.4 is 10.1 Å². The fraction of sp³-hybridized carbons (Fsp3) is 0.333. The topological polar surface area (TPSA) is 71.8 Å². The Hall–Kier alpha value is -2.47. The fourth-order valence-electron chi connectivity index (χ4n) is 2.96. The van der Waals surface area contributed by atoms with E-state index in [1.54, 1.807) is 29.2 Å². The molecule has 0 spiro atoms. The lowest BCUT2D eigenvalue weighted by atomic mass is 9.96. The SMILES string of the molecule is COc1ccc(Cl)cc1NC(=O)C1CCCN(C(=O)c2ccoc2)C1. The Morgan fingerprint density at radius 1 is 1.36 bits per heavy atom. The zero-order valence-corrected chi connectivity index (χ0v) is 14.6. The Morgan fingerprint density at radius 2 is 2.20 bits per heavy atom.